The number of carbonyl (C=O) groups is 3. The minimum Gasteiger partial charge on any atom is -0.493 e. The van der Waals surface area contributed by atoms with Crippen LogP contribution in [0.4, 0.5) is 46.4 Å². The molecule has 0 N–H and O–H groups in total. The van der Waals surface area contributed by atoms with Crippen LogP contribution in [-0.4, -0.2) is 57.2 Å². The fourth-order valence-electron chi connectivity index (χ4n) is 4.70. The highest BCUT2D eigenvalue weighted by molar-refractivity contribution is 5.91. The van der Waals surface area contributed by atoms with Crippen LogP contribution in [0, 0.1) is 0 Å². The Morgan fingerprint density at radius 1 is 0.907 bits per heavy atom. The molecule has 0 saturated heterocycles. The molecule has 0 fully saturated rings. The summed E-state index contributed by atoms with van der Waals surface area (Å²) in [6.07, 6.45) is -13.3. The first-order valence-electron chi connectivity index (χ1n) is 12.6. The van der Waals surface area contributed by atoms with Crippen molar-refractivity contribution in [3.63, 3.8) is 0 Å². The van der Waals surface area contributed by atoms with Gasteiger partial charge in [0, 0.05) is 24.2 Å². The van der Waals surface area contributed by atoms with Gasteiger partial charge < -0.3 is 23.7 Å². The van der Waals surface area contributed by atoms with Crippen LogP contribution in [0.2, 0.25) is 0 Å². The van der Waals surface area contributed by atoms with Gasteiger partial charge in [0.15, 0.2) is 11.5 Å². The molecule has 2 aromatic carbocycles. The Morgan fingerprint density at radius 2 is 1.51 bits per heavy atom. The molecular weight excluding hydrogens is 594 g/mol. The molecule has 0 saturated carbocycles. The van der Waals surface area contributed by atoms with Gasteiger partial charge in [-0.25, -0.2) is 14.4 Å². The lowest BCUT2D eigenvalue weighted by Gasteiger charge is -2.42. The molecule has 16 heteroatoms. The maximum atomic E-state index is 13.5. The number of amides is 2. The quantitative estimate of drug-likeness (QED) is 0.148. The minimum atomic E-state index is -5.11. The van der Waals surface area contributed by atoms with Gasteiger partial charge in [-0.1, -0.05) is 0 Å². The number of alkyl halides is 6. The minimum absolute atomic E-state index is 0.00609. The van der Waals surface area contributed by atoms with Crippen molar-refractivity contribution in [1.29, 1.82) is 0 Å². The second kappa shape index (κ2) is 12.9. The lowest BCUT2D eigenvalue weighted by molar-refractivity contribution is -0.143. The molecule has 236 valence electrons. The van der Waals surface area contributed by atoms with Crippen LogP contribution in [0.1, 0.15) is 48.6 Å². The van der Waals surface area contributed by atoms with Crippen molar-refractivity contribution in [1.82, 2.24) is 4.90 Å². The van der Waals surface area contributed by atoms with Gasteiger partial charge in [-0.3, -0.25) is 9.80 Å². The Hall–Kier alpha value is -4.37. The molecule has 0 spiro atoms. The molecule has 0 radical (unpaired) electrons. The molecule has 0 bridgehead atoms. The van der Waals surface area contributed by atoms with Crippen LogP contribution in [0.3, 0.4) is 0 Å². The first-order chi connectivity index (χ1) is 20.0. The van der Waals surface area contributed by atoms with Gasteiger partial charge >= 0.3 is 30.7 Å². The van der Waals surface area contributed by atoms with Crippen LogP contribution in [0.25, 0.3) is 0 Å². The summed E-state index contributed by atoms with van der Waals surface area (Å²) in [5, 5.41) is 0. The maximum absolute atomic E-state index is 13.5. The number of halogens is 6. The molecule has 1 heterocycles. The molecule has 0 aliphatic carbocycles. The number of methoxy groups -OCH3 is 3. The maximum Gasteiger partial charge on any atom is 0.513 e. The first-order valence-corrected chi connectivity index (χ1v) is 12.6. The van der Waals surface area contributed by atoms with E-state index < -0.39 is 66.0 Å². The van der Waals surface area contributed by atoms with E-state index in [4.69, 9.17) is 18.9 Å². The highest BCUT2D eigenvalue weighted by atomic mass is 19.4. The predicted molar refractivity (Wildman–Crippen MR) is 137 cm³/mol. The number of nitrogens with zero attached hydrogens (tertiary/aromatic N) is 2. The molecule has 1 aliphatic heterocycles. The van der Waals surface area contributed by atoms with Crippen molar-refractivity contribution in [2.45, 2.75) is 51.2 Å². The second-order valence-corrected chi connectivity index (χ2v) is 9.30. The third kappa shape index (κ3) is 7.35. The van der Waals surface area contributed by atoms with E-state index in [1.165, 1.54) is 24.1 Å². The van der Waals surface area contributed by atoms with E-state index in [9.17, 15) is 40.7 Å². The van der Waals surface area contributed by atoms with E-state index in [0.717, 1.165) is 19.1 Å². The largest absolute Gasteiger partial charge is 0.513 e. The SMILES string of the molecule is CCOC(=O)N1c2cc(OC(=O)OC)c(OC)cc2[C@@H](N(Cc2cc(C(F)(F)F)cc(C(F)(F)F)c2)C(=O)OC)C[C@H]1C. The van der Waals surface area contributed by atoms with Crippen molar-refractivity contribution < 1.29 is 64.4 Å². The Morgan fingerprint density at radius 3 is 2.00 bits per heavy atom. The number of hydrogen-bond donors (Lipinski definition) is 0. The van der Waals surface area contributed by atoms with Gasteiger partial charge in [-0.15, -0.1) is 0 Å². The van der Waals surface area contributed by atoms with Crippen LogP contribution >= 0.6 is 0 Å². The molecule has 3 rings (SSSR count). The normalized spacial score (nSPS) is 16.6. The van der Waals surface area contributed by atoms with Gasteiger partial charge in [0.1, 0.15) is 0 Å². The summed E-state index contributed by atoms with van der Waals surface area (Å²) in [4.78, 5) is 40.0. The molecular formula is C27H28F6N2O8. The van der Waals surface area contributed by atoms with Crippen LogP contribution < -0.4 is 14.4 Å². The van der Waals surface area contributed by atoms with E-state index in [1.807, 2.05) is 0 Å². The summed E-state index contributed by atoms with van der Waals surface area (Å²) in [5.41, 5.74) is -3.35. The highest BCUT2D eigenvalue weighted by Gasteiger charge is 2.42. The smallest absolute Gasteiger partial charge is 0.493 e. The van der Waals surface area contributed by atoms with E-state index in [2.05, 4.69) is 4.74 Å². The number of fused-ring (bicyclic) bond motifs is 1. The van der Waals surface area contributed by atoms with Crippen molar-refractivity contribution in [2.75, 3.05) is 32.8 Å². The number of carbonyl (C=O) groups excluding carboxylic acids is 3. The third-order valence-corrected chi connectivity index (χ3v) is 6.55. The fourth-order valence-corrected chi connectivity index (χ4v) is 4.70. The lowest BCUT2D eigenvalue weighted by Crippen LogP contribution is -2.47. The number of rotatable bonds is 6. The highest BCUT2D eigenvalue weighted by Crippen LogP contribution is 2.47. The summed E-state index contributed by atoms with van der Waals surface area (Å²) in [6.45, 7) is 2.41. The van der Waals surface area contributed by atoms with Crippen LogP contribution in [-0.2, 0) is 33.1 Å². The lowest BCUT2D eigenvalue weighted by atomic mass is 9.90. The molecule has 2 amide bonds. The predicted octanol–water partition coefficient (Wildman–Crippen LogP) is 6.94. The zero-order valence-corrected chi connectivity index (χ0v) is 23.6. The van der Waals surface area contributed by atoms with Crippen molar-refractivity contribution in [3.05, 3.63) is 52.6 Å². The van der Waals surface area contributed by atoms with Crippen molar-refractivity contribution >= 4 is 24.0 Å². The topological polar surface area (TPSA) is 104 Å². The number of anilines is 1. The summed E-state index contributed by atoms with van der Waals surface area (Å²) in [6, 6.07) is 1.75. The van der Waals surface area contributed by atoms with Gasteiger partial charge in [0.25, 0.3) is 0 Å². The zero-order chi connectivity index (χ0) is 32.3. The standard InChI is InChI=1S/C27H28F6N2O8/c1-6-42-24(37)35-14(2)7-19(18-11-21(39-3)22(12-20(18)35)43-25(38)41-5)34(23(36)40-4)13-15-8-16(26(28,29)30)10-17(9-15)27(31,32)33/h8-12,14,19H,6-7,13H2,1-5H3/t14-,19+/m1/s1. The zero-order valence-electron chi connectivity index (χ0n) is 23.6. The molecule has 1 aliphatic rings. The molecule has 0 aromatic heterocycles. The van der Waals surface area contributed by atoms with Gasteiger partial charge in [0.05, 0.1) is 50.8 Å². The van der Waals surface area contributed by atoms with Gasteiger partial charge in [-0.05, 0) is 50.1 Å². The van der Waals surface area contributed by atoms with Gasteiger partial charge in [0.2, 0.25) is 0 Å². The molecule has 2 aromatic rings. The van der Waals surface area contributed by atoms with Crippen molar-refractivity contribution in [2.24, 2.45) is 0 Å². The Kier molecular flexibility index (Phi) is 9.92. The summed E-state index contributed by atoms with van der Waals surface area (Å²) < 4.78 is 106. The first kappa shape index (κ1) is 33.1. The summed E-state index contributed by atoms with van der Waals surface area (Å²) in [7, 11) is 3.28. The van der Waals surface area contributed by atoms with Crippen LogP contribution in [0.5, 0.6) is 11.5 Å². The fraction of sp³-hybridized carbons (Fsp3) is 0.444. The van der Waals surface area contributed by atoms with Crippen molar-refractivity contribution in [3.8, 4) is 11.5 Å². The second-order valence-electron chi connectivity index (χ2n) is 9.30. The molecule has 10 nitrogen and oxygen atoms in total. The monoisotopic (exact) mass is 622 g/mol. The third-order valence-electron chi connectivity index (χ3n) is 6.55. The number of hydrogen-bond acceptors (Lipinski definition) is 8. The number of ether oxygens (including phenoxy) is 5. The number of benzene rings is 2. The molecule has 2 atom stereocenters. The molecule has 0 unspecified atom stereocenters. The van der Waals surface area contributed by atoms with E-state index in [-0.39, 0.29) is 41.8 Å². The Balaban J connectivity index is 2.23. The summed E-state index contributed by atoms with van der Waals surface area (Å²) in [5.74, 6) is -0.247. The summed E-state index contributed by atoms with van der Waals surface area (Å²) >= 11 is 0. The Bertz CT molecular complexity index is 1330. The Labute approximate surface area is 242 Å². The average Bonchev–Trinajstić information content (AvgIpc) is 2.93. The van der Waals surface area contributed by atoms with E-state index in [1.54, 1.807) is 13.8 Å². The van der Waals surface area contributed by atoms with Crippen LogP contribution in [0.15, 0.2) is 30.3 Å². The average molecular weight is 623 g/mol. The van der Waals surface area contributed by atoms with E-state index in [0.29, 0.717) is 12.1 Å². The van der Waals surface area contributed by atoms with Gasteiger partial charge in [-0.2, -0.15) is 26.3 Å². The van der Waals surface area contributed by atoms with E-state index >= 15 is 0 Å². The molecule has 43 heavy (non-hydrogen) atoms.